The summed E-state index contributed by atoms with van der Waals surface area (Å²) in [6.07, 6.45) is 6.57. The molecule has 0 aromatic heterocycles. The predicted octanol–water partition coefficient (Wildman–Crippen LogP) is 3.10. The molecular formula is C21H27NO5. The van der Waals surface area contributed by atoms with Crippen LogP contribution in [0.5, 0.6) is 11.5 Å². The van der Waals surface area contributed by atoms with Gasteiger partial charge in [0.2, 0.25) is 0 Å². The standard InChI is InChI=1S/C21H27NO5/c1-14-5-3-4-6-17(14)22-21(24)15(2)27-20(23)10-8-16-7-9-18-19(13-16)26-12-11-25-18/h7-10,13-15,17H,3-6,11-12H2,1-2H3,(H,22,24)/b10-8+/t14-,15-,17+/m1/s1. The molecule has 6 heteroatoms. The van der Waals surface area contributed by atoms with E-state index in [4.69, 9.17) is 14.2 Å². The second kappa shape index (κ2) is 8.93. The quantitative estimate of drug-likeness (QED) is 0.634. The molecule has 0 bridgehead atoms. The van der Waals surface area contributed by atoms with Crippen LogP contribution in [0, 0.1) is 5.92 Å². The third-order valence-electron chi connectivity index (χ3n) is 5.08. The summed E-state index contributed by atoms with van der Waals surface area (Å²) in [4.78, 5) is 24.3. The molecule has 6 nitrogen and oxygen atoms in total. The fraction of sp³-hybridized carbons (Fsp3) is 0.524. The smallest absolute Gasteiger partial charge is 0.331 e. The highest BCUT2D eigenvalue weighted by molar-refractivity contribution is 5.90. The number of esters is 1. The molecule has 1 N–H and O–H groups in total. The number of hydrogen-bond acceptors (Lipinski definition) is 5. The van der Waals surface area contributed by atoms with Crippen LogP contribution in [0.3, 0.4) is 0 Å². The van der Waals surface area contributed by atoms with Crippen LogP contribution in [0.15, 0.2) is 24.3 Å². The Bertz CT molecular complexity index is 715. The number of fused-ring (bicyclic) bond motifs is 1. The number of benzene rings is 1. The van der Waals surface area contributed by atoms with Gasteiger partial charge < -0.3 is 19.5 Å². The fourth-order valence-electron chi connectivity index (χ4n) is 3.43. The Morgan fingerprint density at radius 3 is 2.70 bits per heavy atom. The fourth-order valence-corrected chi connectivity index (χ4v) is 3.43. The maximum Gasteiger partial charge on any atom is 0.331 e. The highest BCUT2D eigenvalue weighted by Gasteiger charge is 2.26. The first-order valence-corrected chi connectivity index (χ1v) is 9.61. The van der Waals surface area contributed by atoms with Gasteiger partial charge in [-0.2, -0.15) is 0 Å². The van der Waals surface area contributed by atoms with Gasteiger partial charge in [0.05, 0.1) is 0 Å². The average Bonchev–Trinajstić information content (AvgIpc) is 2.68. The Kier molecular flexibility index (Phi) is 6.37. The van der Waals surface area contributed by atoms with E-state index in [1.807, 2.05) is 6.07 Å². The Morgan fingerprint density at radius 1 is 1.19 bits per heavy atom. The minimum absolute atomic E-state index is 0.167. The summed E-state index contributed by atoms with van der Waals surface area (Å²) in [7, 11) is 0. The van der Waals surface area contributed by atoms with Gasteiger partial charge in [0, 0.05) is 12.1 Å². The van der Waals surface area contributed by atoms with Crippen LogP contribution in [-0.4, -0.2) is 37.2 Å². The molecule has 1 saturated carbocycles. The van der Waals surface area contributed by atoms with Crippen LogP contribution < -0.4 is 14.8 Å². The van der Waals surface area contributed by atoms with Gasteiger partial charge in [-0.3, -0.25) is 4.79 Å². The highest BCUT2D eigenvalue weighted by atomic mass is 16.6. The van der Waals surface area contributed by atoms with Gasteiger partial charge in [-0.1, -0.05) is 25.8 Å². The Morgan fingerprint density at radius 2 is 1.93 bits per heavy atom. The zero-order chi connectivity index (χ0) is 19.2. The topological polar surface area (TPSA) is 73.9 Å². The number of ether oxygens (including phenoxy) is 3. The maximum absolute atomic E-state index is 12.3. The molecule has 0 spiro atoms. The molecule has 146 valence electrons. The van der Waals surface area contributed by atoms with Gasteiger partial charge in [-0.25, -0.2) is 4.79 Å². The largest absolute Gasteiger partial charge is 0.486 e. The van der Waals surface area contributed by atoms with Crippen molar-refractivity contribution in [2.24, 2.45) is 5.92 Å². The van der Waals surface area contributed by atoms with Crippen LogP contribution in [0.2, 0.25) is 0 Å². The van der Waals surface area contributed by atoms with Crippen molar-refractivity contribution in [1.29, 1.82) is 0 Å². The number of hydrogen-bond donors (Lipinski definition) is 1. The zero-order valence-corrected chi connectivity index (χ0v) is 15.9. The van der Waals surface area contributed by atoms with E-state index < -0.39 is 12.1 Å². The van der Waals surface area contributed by atoms with Crippen LogP contribution >= 0.6 is 0 Å². The molecule has 3 atom stereocenters. The molecule has 1 fully saturated rings. The van der Waals surface area contributed by atoms with Crippen LogP contribution in [-0.2, 0) is 14.3 Å². The summed E-state index contributed by atoms with van der Waals surface area (Å²) in [5.41, 5.74) is 0.796. The van der Waals surface area contributed by atoms with Gasteiger partial charge in [-0.05, 0) is 49.5 Å². The Hall–Kier alpha value is -2.50. The Balaban J connectivity index is 1.50. The number of nitrogens with one attached hydrogen (secondary N) is 1. The molecule has 1 amide bonds. The third-order valence-corrected chi connectivity index (χ3v) is 5.08. The number of amides is 1. The van der Waals surface area contributed by atoms with Crippen molar-refractivity contribution in [3.63, 3.8) is 0 Å². The van der Waals surface area contributed by atoms with Gasteiger partial charge in [0.25, 0.3) is 5.91 Å². The molecule has 1 aromatic rings. The van der Waals surface area contributed by atoms with Gasteiger partial charge >= 0.3 is 5.97 Å². The van der Waals surface area contributed by atoms with Crippen molar-refractivity contribution in [3.8, 4) is 11.5 Å². The summed E-state index contributed by atoms with van der Waals surface area (Å²) in [5, 5.41) is 3.01. The number of rotatable bonds is 5. The van der Waals surface area contributed by atoms with Gasteiger partial charge in [0.1, 0.15) is 13.2 Å². The molecule has 1 aromatic carbocycles. The van der Waals surface area contributed by atoms with E-state index in [9.17, 15) is 9.59 Å². The molecule has 27 heavy (non-hydrogen) atoms. The first kappa shape index (κ1) is 19.3. The lowest BCUT2D eigenvalue weighted by molar-refractivity contribution is -0.150. The van der Waals surface area contributed by atoms with E-state index in [0.717, 1.165) is 24.8 Å². The van der Waals surface area contributed by atoms with Crippen molar-refractivity contribution in [2.45, 2.75) is 51.7 Å². The van der Waals surface area contributed by atoms with E-state index in [1.54, 1.807) is 25.1 Å². The molecule has 1 heterocycles. The normalized spacial score (nSPS) is 22.9. The van der Waals surface area contributed by atoms with E-state index in [1.165, 1.54) is 12.5 Å². The molecule has 3 rings (SSSR count). The first-order valence-electron chi connectivity index (χ1n) is 9.61. The van der Waals surface area contributed by atoms with Crippen LogP contribution in [0.1, 0.15) is 45.1 Å². The summed E-state index contributed by atoms with van der Waals surface area (Å²) in [6.45, 7) is 4.79. The van der Waals surface area contributed by atoms with Gasteiger partial charge in [0.15, 0.2) is 17.6 Å². The van der Waals surface area contributed by atoms with Crippen molar-refractivity contribution < 1.29 is 23.8 Å². The molecular weight excluding hydrogens is 346 g/mol. The SMILES string of the molecule is C[C@@H]1CCCC[C@@H]1NC(=O)[C@@H](C)OC(=O)/C=C/c1ccc2c(c1)OCCO2. The second-order valence-corrected chi connectivity index (χ2v) is 7.19. The molecule has 1 aliphatic heterocycles. The van der Waals surface area contributed by atoms with Crippen molar-refractivity contribution >= 4 is 18.0 Å². The molecule has 0 unspecified atom stereocenters. The molecule has 1 aliphatic carbocycles. The highest BCUT2D eigenvalue weighted by Crippen LogP contribution is 2.31. The summed E-state index contributed by atoms with van der Waals surface area (Å²) in [5.74, 6) is 1.02. The number of carbonyl (C=O) groups is 2. The number of carbonyl (C=O) groups excluding carboxylic acids is 2. The average molecular weight is 373 g/mol. The van der Waals surface area contributed by atoms with Gasteiger partial charge in [-0.15, -0.1) is 0 Å². The summed E-state index contributed by atoms with van der Waals surface area (Å²) >= 11 is 0. The van der Waals surface area contributed by atoms with Crippen LogP contribution in [0.25, 0.3) is 6.08 Å². The van der Waals surface area contributed by atoms with Crippen molar-refractivity contribution in [1.82, 2.24) is 5.32 Å². The van der Waals surface area contributed by atoms with Crippen molar-refractivity contribution in [2.75, 3.05) is 13.2 Å². The molecule has 2 aliphatic rings. The molecule has 0 radical (unpaired) electrons. The predicted molar refractivity (Wildman–Crippen MR) is 102 cm³/mol. The summed E-state index contributed by atoms with van der Waals surface area (Å²) < 4.78 is 16.2. The monoisotopic (exact) mass is 373 g/mol. The van der Waals surface area contributed by atoms with Crippen LogP contribution in [0.4, 0.5) is 0 Å². The zero-order valence-electron chi connectivity index (χ0n) is 15.9. The van der Waals surface area contributed by atoms with E-state index in [0.29, 0.717) is 30.6 Å². The van der Waals surface area contributed by atoms with Crippen molar-refractivity contribution in [3.05, 3.63) is 29.8 Å². The lowest BCUT2D eigenvalue weighted by Crippen LogP contribution is -2.45. The van der Waals surface area contributed by atoms with E-state index in [-0.39, 0.29) is 11.9 Å². The minimum atomic E-state index is -0.823. The summed E-state index contributed by atoms with van der Waals surface area (Å²) in [6, 6.07) is 5.61. The maximum atomic E-state index is 12.3. The Labute approximate surface area is 159 Å². The minimum Gasteiger partial charge on any atom is -0.486 e. The van der Waals surface area contributed by atoms with E-state index in [2.05, 4.69) is 12.2 Å². The van der Waals surface area contributed by atoms with E-state index >= 15 is 0 Å². The lowest BCUT2D eigenvalue weighted by Gasteiger charge is -2.30. The molecule has 0 saturated heterocycles. The first-order chi connectivity index (χ1) is 13.0. The third kappa shape index (κ3) is 5.25. The second-order valence-electron chi connectivity index (χ2n) is 7.19. The lowest BCUT2D eigenvalue weighted by atomic mass is 9.86.